The van der Waals surface area contributed by atoms with Crippen LogP contribution >= 0.6 is 0 Å². The first-order valence-corrected chi connectivity index (χ1v) is 5.62. The monoisotopic (exact) mass is 197 g/mol. The third kappa shape index (κ3) is 3.27. The summed E-state index contributed by atoms with van der Waals surface area (Å²) in [7, 11) is 0. The molecule has 2 rings (SSSR count). The Bertz CT molecular complexity index is 198. The second-order valence-electron chi connectivity index (χ2n) is 4.24. The summed E-state index contributed by atoms with van der Waals surface area (Å²) in [5, 5.41) is 5.25. The molecule has 2 aliphatic rings. The molecular formula is C10H19N3O. The number of nitrogens with one attached hydrogen (secondary N) is 2. The van der Waals surface area contributed by atoms with E-state index in [4.69, 9.17) is 0 Å². The summed E-state index contributed by atoms with van der Waals surface area (Å²) in [5.74, 6) is 0.110. The van der Waals surface area contributed by atoms with E-state index in [-0.39, 0.29) is 5.91 Å². The summed E-state index contributed by atoms with van der Waals surface area (Å²) in [6.07, 6.45) is 6.17. The van der Waals surface area contributed by atoms with Crippen LogP contribution in [0, 0.1) is 0 Å². The molecule has 0 unspecified atom stereocenters. The molecule has 1 saturated heterocycles. The third-order valence-electron chi connectivity index (χ3n) is 2.77. The van der Waals surface area contributed by atoms with Crippen LogP contribution in [-0.4, -0.2) is 36.6 Å². The molecule has 0 radical (unpaired) electrons. The number of piperidine rings is 1. The van der Waals surface area contributed by atoms with E-state index in [0.717, 1.165) is 13.1 Å². The fourth-order valence-electron chi connectivity index (χ4n) is 1.75. The summed E-state index contributed by atoms with van der Waals surface area (Å²) in [6, 6.07) is 0.613. The van der Waals surface area contributed by atoms with Crippen LogP contribution < -0.4 is 10.7 Å². The molecule has 0 aromatic heterocycles. The number of hydrogen-bond donors (Lipinski definition) is 2. The molecule has 1 heterocycles. The van der Waals surface area contributed by atoms with Crippen LogP contribution in [0.2, 0.25) is 0 Å². The number of amides is 1. The van der Waals surface area contributed by atoms with Crippen molar-refractivity contribution in [1.29, 1.82) is 0 Å². The van der Waals surface area contributed by atoms with Crippen molar-refractivity contribution in [1.82, 2.24) is 15.8 Å². The van der Waals surface area contributed by atoms with Crippen LogP contribution in [0.4, 0.5) is 0 Å². The largest absolute Gasteiger partial charge is 0.306 e. The Hall–Kier alpha value is -0.610. The van der Waals surface area contributed by atoms with Gasteiger partial charge in [-0.2, -0.15) is 0 Å². The van der Waals surface area contributed by atoms with E-state index in [1.54, 1.807) is 0 Å². The topological polar surface area (TPSA) is 44.4 Å². The minimum absolute atomic E-state index is 0.110. The third-order valence-corrected chi connectivity index (χ3v) is 2.77. The second-order valence-corrected chi connectivity index (χ2v) is 4.24. The summed E-state index contributed by atoms with van der Waals surface area (Å²) in [5.41, 5.74) is 2.93. The Morgan fingerprint density at radius 1 is 1.21 bits per heavy atom. The number of hydrazine groups is 1. The molecule has 2 N–H and O–H groups in total. The molecule has 2 fully saturated rings. The lowest BCUT2D eigenvalue weighted by Gasteiger charge is -2.26. The Morgan fingerprint density at radius 3 is 2.57 bits per heavy atom. The molecule has 1 amide bonds. The second kappa shape index (κ2) is 4.75. The summed E-state index contributed by atoms with van der Waals surface area (Å²) >= 11 is 0. The van der Waals surface area contributed by atoms with Gasteiger partial charge in [-0.3, -0.25) is 10.2 Å². The lowest BCUT2D eigenvalue weighted by Crippen LogP contribution is -2.48. The zero-order valence-corrected chi connectivity index (χ0v) is 8.59. The first-order valence-electron chi connectivity index (χ1n) is 5.62. The molecule has 1 aliphatic heterocycles. The molecular weight excluding hydrogens is 178 g/mol. The van der Waals surface area contributed by atoms with Gasteiger partial charge in [-0.1, -0.05) is 6.42 Å². The molecule has 4 nitrogen and oxygen atoms in total. The van der Waals surface area contributed by atoms with Crippen molar-refractivity contribution in [3.05, 3.63) is 0 Å². The highest BCUT2D eigenvalue weighted by Crippen LogP contribution is 2.17. The van der Waals surface area contributed by atoms with Crippen molar-refractivity contribution in [3.63, 3.8) is 0 Å². The standard InChI is InChI=1S/C10H19N3O/c14-10(8-11-9-4-5-9)12-13-6-2-1-3-7-13/h9,11H,1-8H2,(H,12,14). The number of nitrogens with zero attached hydrogens (tertiary/aromatic N) is 1. The van der Waals surface area contributed by atoms with E-state index >= 15 is 0 Å². The summed E-state index contributed by atoms with van der Waals surface area (Å²) in [4.78, 5) is 11.4. The van der Waals surface area contributed by atoms with E-state index < -0.39 is 0 Å². The highest BCUT2D eigenvalue weighted by atomic mass is 16.2. The molecule has 1 aliphatic carbocycles. The van der Waals surface area contributed by atoms with E-state index in [1.807, 2.05) is 5.01 Å². The smallest absolute Gasteiger partial charge is 0.248 e. The maximum atomic E-state index is 11.4. The highest BCUT2D eigenvalue weighted by molar-refractivity contribution is 5.77. The Morgan fingerprint density at radius 2 is 1.93 bits per heavy atom. The SMILES string of the molecule is O=C(CNC1CC1)NN1CCCCC1. The number of carbonyl (C=O) groups is 1. The zero-order chi connectivity index (χ0) is 9.80. The molecule has 0 aromatic rings. The van der Waals surface area contributed by atoms with E-state index in [1.165, 1.54) is 32.1 Å². The molecule has 0 bridgehead atoms. The van der Waals surface area contributed by atoms with E-state index in [2.05, 4.69) is 10.7 Å². The predicted molar refractivity (Wildman–Crippen MR) is 54.6 cm³/mol. The van der Waals surface area contributed by atoms with Crippen LogP contribution in [-0.2, 0) is 4.79 Å². The predicted octanol–water partition coefficient (Wildman–Crippen LogP) is 0.255. The first-order chi connectivity index (χ1) is 6.84. The van der Waals surface area contributed by atoms with Gasteiger partial charge in [0.2, 0.25) is 5.91 Å². The van der Waals surface area contributed by atoms with Crippen LogP contribution in [0.5, 0.6) is 0 Å². The zero-order valence-electron chi connectivity index (χ0n) is 8.59. The van der Waals surface area contributed by atoms with Crippen molar-refractivity contribution >= 4 is 5.91 Å². The molecule has 80 valence electrons. The van der Waals surface area contributed by atoms with Crippen molar-refractivity contribution < 1.29 is 4.79 Å². The average molecular weight is 197 g/mol. The number of carbonyl (C=O) groups excluding carboxylic acids is 1. The highest BCUT2D eigenvalue weighted by Gasteiger charge is 2.21. The minimum atomic E-state index is 0.110. The van der Waals surface area contributed by atoms with Crippen molar-refractivity contribution in [2.24, 2.45) is 0 Å². The normalized spacial score (nSPS) is 23.4. The van der Waals surface area contributed by atoms with Crippen LogP contribution in [0.15, 0.2) is 0 Å². The van der Waals surface area contributed by atoms with Gasteiger partial charge in [0.05, 0.1) is 6.54 Å². The van der Waals surface area contributed by atoms with Crippen molar-refractivity contribution in [2.75, 3.05) is 19.6 Å². The van der Waals surface area contributed by atoms with Gasteiger partial charge in [0.1, 0.15) is 0 Å². The molecule has 0 aromatic carbocycles. The number of hydrogen-bond acceptors (Lipinski definition) is 3. The average Bonchev–Trinajstić information content (AvgIpc) is 3.00. The minimum Gasteiger partial charge on any atom is -0.306 e. The van der Waals surface area contributed by atoms with Gasteiger partial charge in [0.15, 0.2) is 0 Å². The van der Waals surface area contributed by atoms with Gasteiger partial charge in [-0.25, -0.2) is 5.01 Å². The van der Waals surface area contributed by atoms with E-state index in [0.29, 0.717) is 12.6 Å². The van der Waals surface area contributed by atoms with Gasteiger partial charge in [-0.05, 0) is 25.7 Å². The lowest BCUT2D eigenvalue weighted by atomic mass is 10.2. The quantitative estimate of drug-likeness (QED) is 0.679. The fourth-order valence-corrected chi connectivity index (χ4v) is 1.75. The van der Waals surface area contributed by atoms with Gasteiger partial charge in [0, 0.05) is 19.1 Å². The Kier molecular flexibility index (Phi) is 3.37. The number of rotatable bonds is 4. The van der Waals surface area contributed by atoms with Crippen molar-refractivity contribution in [3.8, 4) is 0 Å². The molecule has 4 heteroatoms. The molecule has 14 heavy (non-hydrogen) atoms. The van der Waals surface area contributed by atoms with Crippen molar-refractivity contribution in [2.45, 2.75) is 38.1 Å². The Labute approximate surface area is 85.0 Å². The van der Waals surface area contributed by atoms with Crippen LogP contribution in [0.3, 0.4) is 0 Å². The maximum absolute atomic E-state index is 11.4. The van der Waals surface area contributed by atoms with Gasteiger partial charge < -0.3 is 5.32 Å². The van der Waals surface area contributed by atoms with Crippen LogP contribution in [0.25, 0.3) is 0 Å². The molecule has 1 saturated carbocycles. The summed E-state index contributed by atoms with van der Waals surface area (Å²) in [6.45, 7) is 2.49. The van der Waals surface area contributed by atoms with Gasteiger partial charge >= 0.3 is 0 Å². The first kappa shape index (κ1) is 9.93. The maximum Gasteiger partial charge on any atom is 0.248 e. The van der Waals surface area contributed by atoms with Gasteiger partial charge in [-0.15, -0.1) is 0 Å². The molecule has 0 atom stereocenters. The lowest BCUT2D eigenvalue weighted by molar-refractivity contribution is -0.125. The van der Waals surface area contributed by atoms with Gasteiger partial charge in [0.25, 0.3) is 0 Å². The Balaban J connectivity index is 1.59. The van der Waals surface area contributed by atoms with E-state index in [9.17, 15) is 4.79 Å². The summed E-state index contributed by atoms with van der Waals surface area (Å²) < 4.78 is 0. The molecule has 0 spiro atoms. The fraction of sp³-hybridized carbons (Fsp3) is 0.900. The van der Waals surface area contributed by atoms with Crippen LogP contribution in [0.1, 0.15) is 32.1 Å².